The first kappa shape index (κ1) is 9.75. The van der Waals surface area contributed by atoms with Crippen molar-refractivity contribution in [3.05, 3.63) is 35.5 Å². The molecule has 0 unspecified atom stereocenters. The Kier molecular flexibility index (Phi) is 2.44. The van der Waals surface area contributed by atoms with Gasteiger partial charge in [0, 0.05) is 23.6 Å². The van der Waals surface area contributed by atoms with Crippen molar-refractivity contribution in [2.24, 2.45) is 0 Å². The quantitative estimate of drug-likeness (QED) is 0.804. The lowest BCUT2D eigenvalue weighted by atomic mass is 10.1. The molecule has 0 saturated heterocycles. The molecular formula is C12H13N3. The summed E-state index contributed by atoms with van der Waals surface area (Å²) in [6, 6.07) is 7.88. The van der Waals surface area contributed by atoms with Crippen LogP contribution in [0.4, 0.5) is 0 Å². The second kappa shape index (κ2) is 3.76. The van der Waals surface area contributed by atoms with E-state index in [1.54, 1.807) is 0 Å². The zero-order valence-electron chi connectivity index (χ0n) is 8.91. The molecule has 0 amide bonds. The van der Waals surface area contributed by atoms with Gasteiger partial charge < -0.3 is 9.88 Å². The van der Waals surface area contributed by atoms with E-state index in [0.29, 0.717) is 5.56 Å². The third kappa shape index (κ3) is 1.85. The molecule has 76 valence electrons. The molecule has 0 saturated carbocycles. The molecule has 2 aromatic rings. The lowest BCUT2D eigenvalue weighted by molar-refractivity contribution is 0.404. The second-order valence-electron chi connectivity index (χ2n) is 3.92. The van der Waals surface area contributed by atoms with Crippen LogP contribution in [0.25, 0.3) is 10.9 Å². The number of aromatic amines is 1. The second-order valence-corrected chi connectivity index (χ2v) is 3.92. The summed E-state index contributed by atoms with van der Waals surface area (Å²) in [4.78, 5) is 5.32. The first-order valence-electron chi connectivity index (χ1n) is 4.85. The van der Waals surface area contributed by atoms with Crippen LogP contribution < -0.4 is 0 Å². The molecular weight excluding hydrogens is 186 g/mol. The predicted molar refractivity (Wildman–Crippen MR) is 60.4 cm³/mol. The summed E-state index contributed by atoms with van der Waals surface area (Å²) in [5, 5.41) is 9.98. The van der Waals surface area contributed by atoms with E-state index in [2.05, 4.69) is 16.0 Å². The van der Waals surface area contributed by atoms with Crippen molar-refractivity contribution in [2.75, 3.05) is 14.1 Å². The van der Waals surface area contributed by atoms with Crippen LogP contribution in [0.5, 0.6) is 0 Å². The van der Waals surface area contributed by atoms with E-state index in [1.807, 2.05) is 38.5 Å². The summed E-state index contributed by atoms with van der Waals surface area (Å²) in [6.45, 7) is 0.884. The van der Waals surface area contributed by atoms with Gasteiger partial charge in [-0.25, -0.2) is 0 Å². The Morgan fingerprint density at radius 1 is 1.40 bits per heavy atom. The molecule has 15 heavy (non-hydrogen) atoms. The zero-order chi connectivity index (χ0) is 10.8. The van der Waals surface area contributed by atoms with Gasteiger partial charge in [0.15, 0.2) is 0 Å². The topological polar surface area (TPSA) is 42.8 Å². The molecule has 0 aliphatic carbocycles. The van der Waals surface area contributed by atoms with E-state index in [-0.39, 0.29) is 0 Å². The Labute approximate surface area is 88.9 Å². The van der Waals surface area contributed by atoms with Gasteiger partial charge in [-0.1, -0.05) is 0 Å². The minimum absolute atomic E-state index is 0.710. The van der Waals surface area contributed by atoms with Crippen LogP contribution in [0.1, 0.15) is 11.1 Å². The van der Waals surface area contributed by atoms with Gasteiger partial charge in [0.05, 0.1) is 11.6 Å². The maximum absolute atomic E-state index is 8.84. The van der Waals surface area contributed by atoms with Crippen molar-refractivity contribution >= 4 is 10.9 Å². The third-order valence-corrected chi connectivity index (χ3v) is 2.38. The monoisotopic (exact) mass is 199 g/mol. The average Bonchev–Trinajstić information content (AvgIpc) is 2.60. The number of fused-ring (bicyclic) bond motifs is 1. The molecule has 1 aromatic carbocycles. The number of nitrogens with one attached hydrogen (secondary N) is 1. The highest BCUT2D eigenvalue weighted by Gasteiger charge is 2.05. The van der Waals surface area contributed by atoms with Crippen molar-refractivity contribution in [3.63, 3.8) is 0 Å². The summed E-state index contributed by atoms with van der Waals surface area (Å²) in [5.41, 5.74) is 3.03. The summed E-state index contributed by atoms with van der Waals surface area (Å²) < 4.78 is 0. The van der Waals surface area contributed by atoms with Gasteiger partial charge in [-0.3, -0.25) is 0 Å². The first-order valence-corrected chi connectivity index (χ1v) is 4.85. The molecule has 0 spiro atoms. The standard InChI is InChI=1S/C12H13N3/c1-15(2)8-10-7-14-12-4-3-9(6-13)5-11(10)12/h3-5,7,14H,8H2,1-2H3. The van der Waals surface area contributed by atoms with Crippen LogP contribution in [0.3, 0.4) is 0 Å². The van der Waals surface area contributed by atoms with E-state index in [0.717, 1.165) is 17.4 Å². The fourth-order valence-electron chi connectivity index (χ4n) is 1.72. The lowest BCUT2D eigenvalue weighted by Crippen LogP contribution is -2.10. The average molecular weight is 199 g/mol. The summed E-state index contributed by atoms with van der Waals surface area (Å²) in [6.07, 6.45) is 2.01. The summed E-state index contributed by atoms with van der Waals surface area (Å²) in [5.74, 6) is 0. The molecule has 0 radical (unpaired) electrons. The largest absolute Gasteiger partial charge is 0.361 e. The Morgan fingerprint density at radius 3 is 2.87 bits per heavy atom. The number of H-pyrrole nitrogens is 1. The molecule has 1 heterocycles. The van der Waals surface area contributed by atoms with E-state index in [1.165, 1.54) is 5.56 Å². The Hall–Kier alpha value is -1.79. The van der Waals surface area contributed by atoms with Crippen molar-refractivity contribution in [3.8, 4) is 6.07 Å². The number of nitriles is 1. The minimum atomic E-state index is 0.710. The molecule has 3 nitrogen and oxygen atoms in total. The Bertz CT molecular complexity index is 517. The van der Waals surface area contributed by atoms with Gasteiger partial charge in [0.1, 0.15) is 0 Å². The van der Waals surface area contributed by atoms with Crippen LogP contribution in [0, 0.1) is 11.3 Å². The Balaban J connectivity index is 2.52. The number of benzene rings is 1. The van der Waals surface area contributed by atoms with Crippen LogP contribution in [0.15, 0.2) is 24.4 Å². The smallest absolute Gasteiger partial charge is 0.0991 e. The van der Waals surface area contributed by atoms with Crippen molar-refractivity contribution < 1.29 is 0 Å². The van der Waals surface area contributed by atoms with Crippen molar-refractivity contribution in [1.82, 2.24) is 9.88 Å². The van der Waals surface area contributed by atoms with E-state index in [9.17, 15) is 0 Å². The Morgan fingerprint density at radius 2 is 2.20 bits per heavy atom. The van der Waals surface area contributed by atoms with Crippen LogP contribution in [0.2, 0.25) is 0 Å². The fourth-order valence-corrected chi connectivity index (χ4v) is 1.72. The highest BCUT2D eigenvalue weighted by Crippen LogP contribution is 2.20. The summed E-state index contributed by atoms with van der Waals surface area (Å²) in [7, 11) is 4.07. The van der Waals surface area contributed by atoms with Crippen molar-refractivity contribution in [2.45, 2.75) is 6.54 Å². The van der Waals surface area contributed by atoms with Crippen molar-refractivity contribution in [1.29, 1.82) is 5.26 Å². The van der Waals surface area contributed by atoms with Crippen LogP contribution >= 0.6 is 0 Å². The highest BCUT2D eigenvalue weighted by molar-refractivity contribution is 5.84. The van der Waals surface area contributed by atoms with Gasteiger partial charge in [0.25, 0.3) is 0 Å². The van der Waals surface area contributed by atoms with E-state index >= 15 is 0 Å². The molecule has 0 bridgehead atoms. The zero-order valence-corrected chi connectivity index (χ0v) is 8.91. The molecule has 0 fully saturated rings. The van der Waals surface area contributed by atoms with Gasteiger partial charge in [-0.2, -0.15) is 5.26 Å². The molecule has 1 N–H and O–H groups in total. The molecule has 3 heteroatoms. The number of hydrogen-bond donors (Lipinski definition) is 1. The maximum Gasteiger partial charge on any atom is 0.0991 e. The summed E-state index contributed by atoms with van der Waals surface area (Å²) >= 11 is 0. The third-order valence-electron chi connectivity index (χ3n) is 2.38. The maximum atomic E-state index is 8.84. The number of aromatic nitrogens is 1. The molecule has 0 aliphatic rings. The number of nitrogens with zero attached hydrogens (tertiary/aromatic N) is 2. The normalized spacial score (nSPS) is 10.8. The van der Waals surface area contributed by atoms with E-state index < -0.39 is 0 Å². The van der Waals surface area contributed by atoms with Gasteiger partial charge in [-0.15, -0.1) is 0 Å². The molecule has 0 atom stereocenters. The highest BCUT2D eigenvalue weighted by atomic mass is 15.0. The predicted octanol–water partition coefficient (Wildman–Crippen LogP) is 2.10. The van der Waals surface area contributed by atoms with Gasteiger partial charge >= 0.3 is 0 Å². The lowest BCUT2D eigenvalue weighted by Gasteiger charge is -2.07. The first-order chi connectivity index (χ1) is 7.20. The van der Waals surface area contributed by atoms with Gasteiger partial charge in [-0.05, 0) is 37.9 Å². The van der Waals surface area contributed by atoms with Crippen LogP contribution in [-0.2, 0) is 6.54 Å². The molecule has 0 aliphatic heterocycles. The van der Waals surface area contributed by atoms with Gasteiger partial charge in [0.2, 0.25) is 0 Å². The van der Waals surface area contributed by atoms with E-state index in [4.69, 9.17) is 5.26 Å². The molecule has 1 aromatic heterocycles. The molecule has 2 rings (SSSR count). The number of hydrogen-bond acceptors (Lipinski definition) is 2. The SMILES string of the molecule is CN(C)Cc1c[nH]c2ccc(C#N)cc12. The van der Waals surface area contributed by atoms with Crippen LogP contribution in [-0.4, -0.2) is 24.0 Å². The number of rotatable bonds is 2. The minimum Gasteiger partial charge on any atom is -0.361 e. The fraction of sp³-hybridized carbons (Fsp3) is 0.250.